The van der Waals surface area contributed by atoms with Gasteiger partial charge in [-0.1, -0.05) is 12.1 Å². The van der Waals surface area contributed by atoms with E-state index in [1.165, 1.54) is 6.20 Å². The molecule has 7 heteroatoms. The maximum absolute atomic E-state index is 12.3. The SMILES string of the molecule is CN(CC1COc2ccccc2O1)C(=O)c1ccc(N)cn1.Cl. The average Bonchev–Trinajstić information content (AvgIpc) is 2.55. The van der Waals surface area contributed by atoms with E-state index in [1.807, 2.05) is 24.3 Å². The second-order valence-corrected chi connectivity index (χ2v) is 5.16. The van der Waals surface area contributed by atoms with Gasteiger partial charge >= 0.3 is 0 Å². The molecule has 0 bridgehead atoms. The summed E-state index contributed by atoms with van der Waals surface area (Å²) in [6, 6.07) is 10.8. The van der Waals surface area contributed by atoms with Crippen molar-refractivity contribution in [2.24, 2.45) is 0 Å². The standard InChI is InChI=1S/C16H17N3O3.ClH/c1-19(16(20)13-7-6-11(17)8-18-13)9-12-10-21-14-4-2-3-5-15(14)22-12;/h2-8,12H,9-10,17H2,1H3;1H. The summed E-state index contributed by atoms with van der Waals surface area (Å²) in [6.45, 7) is 0.822. The lowest BCUT2D eigenvalue weighted by atomic mass is 10.2. The monoisotopic (exact) mass is 335 g/mol. The average molecular weight is 336 g/mol. The molecule has 1 aromatic carbocycles. The molecule has 1 aromatic heterocycles. The molecule has 0 aliphatic carbocycles. The minimum Gasteiger partial charge on any atom is -0.486 e. The van der Waals surface area contributed by atoms with Crippen LogP contribution in [-0.4, -0.2) is 42.1 Å². The van der Waals surface area contributed by atoms with E-state index in [-0.39, 0.29) is 24.4 Å². The maximum atomic E-state index is 12.3. The Labute approximate surface area is 140 Å². The van der Waals surface area contributed by atoms with Crippen molar-refractivity contribution >= 4 is 24.0 Å². The smallest absolute Gasteiger partial charge is 0.272 e. The molecular formula is C16H18ClN3O3. The molecule has 0 saturated carbocycles. The molecule has 6 nitrogen and oxygen atoms in total. The predicted octanol–water partition coefficient (Wildman–Crippen LogP) is 2.00. The van der Waals surface area contributed by atoms with E-state index in [0.29, 0.717) is 30.3 Å². The van der Waals surface area contributed by atoms with Crippen LogP contribution >= 0.6 is 12.4 Å². The summed E-state index contributed by atoms with van der Waals surface area (Å²) in [5.41, 5.74) is 6.46. The van der Waals surface area contributed by atoms with Crippen LogP contribution in [0.2, 0.25) is 0 Å². The van der Waals surface area contributed by atoms with E-state index >= 15 is 0 Å². The van der Waals surface area contributed by atoms with Gasteiger partial charge in [-0.2, -0.15) is 0 Å². The molecule has 122 valence electrons. The van der Waals surface area contributed by atoms with E-state index in [0.717, 1.165) is 5.75 Å². The molecule has 3 rings (SSSR count). The van der Waals surface area contributed by atoms with Crippen molar-refractivity contribution in [3.63, 3.8) is 0 Å². The molecule has 0 fully saturated rings. The first-order valence-corrected chi connectivity index (χ1v) is 6.99. The number of amides is 1. The number of hydrogen-bond acceptors (Lipinski definition) is 5. The third-order valence-corrected chi connectivity index (χ3v) is 3.40. The van der Waals surface area contributed by atoms with Crippen LogP contribution in [0.25, 0.3) is 0 Å². The molecule has 2 aromatic rings. The van der Waals surface area contributed by atoms with Crippen molar-refractivity contribution in [1.29, 1.82) is 0 Å². The van der Waals surface area contributed by atoms with Gasteiger partial charge in [0.2, 0.25) is 0 Å². The lowest BCUT2D eigenvalue weighted by Crippen LogP contribution is -2.42. The number of aromatic nitrogens is 1. The zero-order chi connectivity index (χ0) is 15.5. The highest BCUT2D eigenvalue weighted by molar-refractivity contribution is 5.92. The zero-order valence-electron chi connectivity index (χ0n) is 12.6. The van der Waals surface area contributed by atoms with Gasteiger partial charge in [-0.05, 0) is 24.3 Å². The number of halogens is 1. The lowest BCUT2D eigenvalue weighted by molar-refractivity contribution is 0.0517. The van der Waals surface area contributed by atoms with Gasteiger partial charge in [0.05, 0.1) is 18.4 Å². The van der Waals surface area contributed by atoms with Gasteiger partial charge in [0, 0.05) is 7.05 Å². The predicted molar refractivity (Wildman–Crippen MR) is 89.2 cm³/mol. The summed E-state index contributed by atoms with van der Waals surface area (Å²) in [5.74, 6) is 1.25. The largest absolute Gasteiger partial charge is 0.486 e. The van der Waals surface area contributed by atoms with Gasteiger partial charge in [-0.15, -0.1) is 12.4 Å². The van der Waals surface area contributed by atoms with E-state index in [2.05, 4.69) is 4.98 Å². The summed E-state index contributed by atoms with van der Waals surface area (Å²) in [7, 11) is 1.71. The number of pyridine rings is 1. The number of carbonyl (C=O) groups is 1. The van der Waals surface area contributed by atoms with Crippen LogP contribution in [0.3, 0.4) is 0 Å². The van der Waals surface area contributed by atoms with E-state index < -0.39 is 0 Å². The number of rotatable bonds is 3. The second-order valence-electron chi connectivity index (χ2n) is 5.16. The van der Waals surface area contributed by atoms with E-state index in [4.69, 9.17) is 15.2 Å². The number of anilines is 1. The number of nitrogens with zero attached hydrogens (tertiary/aromatic N) is 2. The van der Waals surface area contributed by atoms with Crippen molar-refractivity contribution in [2.45, 2.75) is 6.10 Å². The molecule has 0 radical (unpaired) electrons. The third-order valence-electron chi connectivity index (χ3n) is 3.40. The fraction of sp³-hybridized carbons (Fsp3) is 0.250. The number of nitrogens with two attached hydrogens (primary N) is 1. The van der Waals surface area contributed by atoms with Gasteiger partial charge in [-0.3, -0.25) is 4.79 Å². The number of para-hydroxylation sites is 2. The Bertz CT molecular complexity index is 679. The Morgan fingerprint density at radius 3 is 2.74 bits per heavy atom. The van der Waals surface area contributed by atoms with Crippen molar-refractivity contribution in [3.8, 4) is 11.5 Å². The molecular weight excluding hydrogens is 318 g/mol. The number of nitrogen functional groups attached to an aromatic ring is 1. The summed E-state index contributed by atoms with van der Waals surface area (Å²) in [4.78, 5) is 17.9. The lowest BCUT2D eigenvalue weighted by Gasteiger charge is -2.29. The zero-order valence-corrected chi connectivity index (χ0v) is 13.5. The Balaban J connectivity index is 0.00000192. The number of fused-ring (bicyclic) bond motifs is 1. The summed E-state index contributed by atoms with van der Waals surface area (Å²) in [5, 5.41) is 0. The highest BCUT2D eigenvalue weighted by Crippen LogP contribution is 2.30. The molecule has 23 heavy (non-hydrogen) atoms. The molecule has 2 heterocycles. The summed E-state index contributed by atoms with van der Waals surface area (Å²) < 4.78 is 11.5. The van der Waals surface area contributed by atoms with E-state index in [1.54, 1.807) is 24.1 Å². The normalized spacial score (nSPS) is 15.4. The van der Waals surface area contributed by atoms with Gasteiger partial charge in [0.25, 0.3) is 5.91 Å². The second kappa shape index (κ2) is 7.19. The van der Waals surface area contributed by atoms with Crippen LogP contribution in [0.5, 0.6) is 11.5 Å². The fourth-order valence-corrected chi connectivity index (χ4v) is 2.27. The molecule has 2 N–H and O–H groups in total. The Kier molecular flexibility index (Phi) is 5.28. The Morgan fingerprint density at radius 2 is 2.04 bits per heavy atom. The molecule has 1 amide bonds. The number of carbonyl (C=O) groups excluding carboxylic acids is 1. The van der Waals surface area contributed by atoms with Gasteiger partial charge in [-0.25, -0.2) is 4.98 Å². The molecule has 1 aliphatic heterocycles. The highest BCUT2D eigenvalue weighted by Gasteiger charge is 2.24. The third kappa shape index (κ3) is 3.84. The van der Waals surface area contributed by atoms with Crippen molar-refractivity contribution < 1.29 is 14.3 Å². The van der Waals surface area contributed by atoms with Crippen molar-refractivity contribution in [3.05, 3.63) is 48.3 Å². The molecule has 0 saturated heterocycles. The number of ether oxygens (including phenoxy) is 2. The molecule has 1 aliphatic rings. The van der Waals surface area contributed by atoms with Crippen LogP contribution in [0.15, 0.2) is 42.6 Å². The van der Waals surface area contributed by atoms with Gasteiger partial charge in [0.15, 0.2) is 17.6 Å². The Hall–Kier alpha value is -2.47. The molecule has 1 atom stereocenters. The maximum Gasteiger partial charge on any atom is 0.272 e. The Morgan fingerprint density at radius 1 is 1.30 bits per heavy atom. The van der Waals surface area contributed by atoms with Crippen LogP contribution in [0, 0.1) is 0 Å². The van der Waals surface area contributed by atoms with Crippen molar-refractivity contribution in [2.75, 3.05) is 25.9 Å². The first kappa shape index (κ1) is 16.9. The minimum absolute atomic E-state index is 0. The van der Waals surface area contributed by atoms with Crippen LogP contribution in [-0.2, 0) is 0 Å². The molecule has 1 unspecified atom stereocenters. The first-order valence-electron chi connectivity index (χ1n) is 6.99. The summed E-state index contributed by atoms with van der Waals surface area (Å²) in [6.07, 6.45) is 1.26. The van der Waals surface area contributed by atoms with Crippen molar-refractivity contribution in [1.82, 2.24) is 9.88 Å². The quantitative estimate of drug-likeness (QED) is 0.928. The van der Waals surface area contributed by atoms with E-state index in [9.17, 15) is 4.79 Å². The number of likely N-dealkylation sites (N-methyl/N-ethyl adjacent to an activating group) is 1. The number of hydrogen-bond donors (Lipinski definition) is 1. The first-order chi connectivity index (χ1) is 10.6. The van der Waals surface area contributed by atoms with Crippen LogP contribution in [0.4, 0.5) is 5.69 Å². The van der Waals surface area contributed by atoms with Crippen LogP contribution in [0.1, 0.15) is 10.5 Å². The summed E-state index contributed by atoms with van der Waals surface area (Å²) >= 11 is 0. The number of benzene rings is 1. The van der Waals surface area contributed by atoms with Crippen LogP contribution < -0.4 is 15.2 Å². The minimum atomic E-state index is -0.211. The van der Waals surface area contributed by atoms with Gasteiger partial charge < -0.3 is 20.1 Å². The highest BCUT2D eigenvalue weighted by atomic mass is 35.5. The fourth-order valence-electron chi connectivity index (χ4n) is 2.27. The van der Waals surface area contributed by atoms with Gasteiger partial charge in [0.1, 0.15) is 12.3 Å². The molecule has 0 spiro atoms. The topological polar surface area (TPSA) is 77.7 Å².